The Balaban J connectivity index is 1.50. The Morgan fingerprint density at radius 1 is 0.833 bits per heavy atom. The lowest BCUT2D eigenvalue weighted by Crippen LogP contribution is -2.52. The monoisotopic (exact) mass is 1000 g/mol. The number of methoxy groups -OCH3 is 2. The fourth-order valence-corrected chi connectivity index (χ4v) is 10.3. The molecule has 2 aromatic heterocycles. The molecule has 1 fully saturated rings. The molecule has 7 rings (SSSR count). The van der Waals surface area contributed by atoms with Gasteiger partial charge in [0.2, 0.25) is 11.7 Å². The van der Waals surface area contributed by atoms with Gasteiger partial charge in [0.15, 0.2) is 23.5 Å². The molecule has 0 bridgehead atoms. The van der Waals surface area contributed by atoms with Crippen LogP contribution in [0.2, 0.25) is 0 Å². The summed E-state index contributed by atoms with van der Waals surface area (Å²) < 4.78 is 62.1. The molecule has 0 aliphatic carbocycles. The number of imidazole rings is 1. The van der Waals surface area contributed by atoms with Crippen molar-refractivity contribution in [3.05, 3.63) is 143 Å². The number of hydrogen-bond donors (Lipinski definition) is 2. The molecule has 6 aromatic rings. The van der Waals surface area contributed by atoms with Crippen molar-refractivity contribution in [2.75, 3.05) is 46.6 Å². The van der Waals surface area contributed by atoms with Crippen LogP contribution in [0.15, 0.2) is 120 Å². The van der Waals surface area contributed by atoms with E-state index in [0.29, 0.717) is 33.9 Å². The highest BCUT2D eigenvalue weighted by Gasteiger charge is 2.57. The number of nitrogens with two attached hydrogens (primary N) is 1. The first-order chi connectivity index (χ1) is 34.9. The predicted molar refractivity (Wildman–Crippen MR) is 267 cm³/mol. The molecule has 2 unspecified atom stereocenters. The summed E-state index contributed by atoms with van der Waals surface area (Å²) in [6.45, 7) is 7.16. The van der Waals surface area contributed by atoms with Crippen molar-refractivity contribution in [1.82, 2.24) is 24.2 Å². The maximum absolute atomic E-state index is 15.7. The molecule has 0 spiro atoms. The number of nitrogens with one attached hydrogen (secondary N) is 1. The second kappa shape index (κ2) is 25.1. The first kappa shape index (κ1) is 53.0. The molecule has 0 amide bonds. The van der Waals surface area contributed by atoms with Gasteiger partial charge < -0.3 is 47.9 Å². The highest BCUT2D eigenvalue weighted by Crippen LogP contribution is 2.52. The van der Waals surface area contributed by atoms with Crippen LogP contribution in [0.3, 0.4) is 0 Å². The Labute approximate surface area is 419 Å². The van der Waals surface area contributed by atoms with Gasteiger partial charge in [-0.15, -0.1) is 0 Å². The topological polar surface area (TPSA) is 241 Å². The largest absolute Gasteiger partial charge is 0.497 e. The first-order valence-electron chi connectivity index (χ1n) is 23.4. The average molecular weight is 1000 g/mol. The molecule has 3 N–H and O–H groups in total. The van der Waals surface area contributed by atoms with Crippen molar-refractivity contribution in [2.24, 2.45) is 0 Å². The van der Waals surface area contributed by atoms with E-state index >= 15 is 4.79 Å². The summed E-state index contributed by atoms with van der Waals surface area (Å²) in [4.78, 5) is 40.3. The number of para-hydroxylation sites is 1. The third-order valence-corrected chi connectivity index (χ3v) is 13.9. The van der Waals surface area contributed by atoms with E-state index in [4.69, 9.17) is 47.9 Å². The van der Waals surface area contributed by atoms with Crippen LogP contribution in [-0.4, -0.2) is 107 Å². The molecule has 6 atom stereocenters. The molecular formula is C52H59N8O11P. The lowest BCUT2D eigenvalue weighted by atomic mass is 9.79. The van der Waals surface area contributed by atoms with Gasteiger partial charge in [0, 0.05) is 12.1 Å². The number of carbonyl (C=O) groups excluding carboxylic acids is 1. The number of ether oxygens (including phenoxy) is 7. The second-order valence-electron chi connectivity index (χ2n) is 17.1. The molecular weight excluding hydrogens is 944 g/mol. The average Bonchev–Trinajstić information content (AvgIpc) is 3.97. The van der Waals surface area contributed by atoms with Gasteiger partial charge in [0.1, 0.15) is 54.6 Å². The number of aromatic nitrogens is 4. The van der Waals surface area contributed by atoms with Crippen LogP contribution in [0.25, 0.3) is 11.2 Å². The first-order valence-corrected chi connectivity index (χ1v) is 24.5. The minimum Gasteiger partial charge on any atom is -0.497 e. The third kappa shape index (κ3) is 12.1. The number of benzene rings is 4. The maximum atomic E-state index is 15.7. The predicted octanol–water partition coefficient (Wildman–Crippen LogP) is 7.58. The summed E-state index contributed by atoms with van der Waals surface area (Å²) in [7, 11) is 1.06. The molecule has 0 radical (unpaired) electrons. The van der Waals surface area contributed by atoms with Crippen molar-refractivity contribution in [1.29, 1.82) is 10.5 Å². The second-order valence-corrected chi connectivity index (χ2v) is 18.5. The van der Waals surface area contributed by atoms with Crippen LogP contribution in [0.5, 0.6) is 17.2 Å². The molecule has 0 saturated carbocycles. The number of nitrogens with zero attached hydrogens (tertiary/aromatic N) is 6. The van der Waals surface area contributed by atoms with Crippen molar-refractivity contribution < 1.29 is 47.0 Å². The Kier molecular flexibility index (Phi) is 18.5. The standard InChI is InChI=1S/C52H59N8O11P/c1-34(2)60(35(3)4)72(68-30-14-28-54)71-46-45(69-50(47(46)67-33-65-29-13-27-53)59-32-56-43-48(59)57-51(55)58-49(43)62)44(42(61)31-66-41-17-11-8-12-18-41)70-52(36-15-9-7-10-16-36,37-19-23-39(63-5)24-20-37)38-21-25-40(64-6)26-22-38/h7-12,15-26,32,34-35,44-47,50H,13-14,29-31,33H2,1-6H3,(H3,55,57,58,62)/t44?,45-,46-,47-,50-,72?/m1/s1. The van der Waals surface area contributed by atoms with Crippen LogP contribution in [0, 0.1) is 22.7 Å². The summed E-state index contributed by atoms with van der Waals surface area (Å²) in [5.41, 5.74) is 5.79. The lowest BCUT2D eigenvalue weighted by Gasteiger charge is -2.42. The van der Waals surface area contributed by atoms with Crippen LogP contribution in [0.4, 0.5) is 5.95 Å². The molecule has 1 aliphatic rings. The number of hydrogen-bond acceptors (Lipinski definition) is 17. The van der Waals surface area contributed by atoms with Gasteiger partial charge in [-0.05, 0) is 80.8 Å². The van der Waals surface area contributed by atoms with E-state index < -0.39 is 62.7 Å². The van der Waals surface area contributed by atoms with Crippen molar-refractivity contribution in [3.63, 3.8) is 0 Å². The van der Waals surface area contributed by atoms with Crippen molar-refractivity contribution in [3.8, 4) is 29.4 Å². The summed E-state index contributed by atoms with van der Waals surface area (Å²) in [6, 6.07) is 37.0. The molecule has 1 aliphatic heterocycles. The zero-order valence-electron chi connectivity index (χ0n) is 41.0. The fourth-order valence-electron chi connectivity index (χ4n) is 8.55. The number of nitriles is 2. The summed E-state index contributed by atoms with van der Waals surface area (Å²) >= 11 is 0. The fraction of sp³-hybridized carbons (Fsp3) is 0.385. The highest BCUT2D eigenvalue weighted by molar-refractivity contribution is 7.44. The van der Waals surface area contributed by atoms with E-state index in [1.165, 1.54) is 10.9 Å². The number of fused-ring (bicyclic) bond motifs is 1. The highest BCUT2D eigenvalue weighted by atomic mass is 31.2. The molecule has 3 heterocycles. The van der Waals surface area contributed by atoms with Gasteiger partial charge >= 0.3 is 0 Å². The molecule has 72 heavy (non-hydrogen) atoms. The molecule has 20 heteroatoms. The van der Waals surface area contributed by atoms with Crippen molar-refractivity contribution >= 4 is 31.4 Å². The minimum atomic E-state index is -2.09. The van der Waals surface area contributed by atoms with Crippen LogP contribution in [-0.2, 0) is 38.4 Å². The number of carbonyl (C=O) groups is 1. The summed E-state index contributed by atoms with van der Waals surface area (Å²) in [6.07, 6.45) is -5.29. The Hall–Kier alpha value is -6.77. The summed E-state index contributed by atoms with van der Waals surface area (Å²) in [5, 5.41) is 19.0. The molecule has 1 saturated heterocycles. The molecule has 19 nitrogen and oxygen atoms in total. The SMILES string of the molecule is COc1ccc(C(OC(C(=O)COc2ccccc2)[C@H]2O[C@@H](n3cnc4c(=O)[nH]c(N)nc43)[C@H](OCOCCC#N)[C@@H]2OP(OCCC#N)N(C(C)C)C(C)C)(c2ccccc2)c2ccc(OC)cc2)cc1. The number of nitrogen functional groups attached to an aromatic ring is 1. The van der Waals surface area contributed by atoms with Gasteiger partial charge in [0.05, 0.1) is 58.7 Å². The molecule has 4 aromatic carbocycles. The molecule has 378 valence electrons. The number of rotatable bonds is 26. The quantitative estimate of drug-likeness (QED) is 0.0230. The Morgan fingerprint density at radius 2 is 1.42 bits per heavy atom. The van der Waals surface area contributed by atoms with Gasteiger partial charge in [-0.25, -0.2) is 9.65 Å². The van der Waals surface area contributed by atoms with Gasteiger partial charge in [0.25, 0.3) is 14.1 Å². The van der Waals surface area contributed by atoms with E-state index in [2.05, 4.69) is 27.1 Å². The minimum absolute atomic E-state index is 0.0105. The van der Waals surface area contributed by atoms with Gasteiger partial charge in [-0.3, -0.25) is 19.1 Å². The third-order valence-electron chi connectivity index (χ3n) is 11.7. The van der Waals surface area contributed by atoms with E-state index in [1.807, 2.05) is 117 Å². The van der Waals surface area contributed by atoms with Crippen LogP contribution < -0.4 is 25.5 Å². The number of anilines is 1. The number of ketones is 1. The van der Waals surface area contributed by atoms with E-state index in [0.717, 1.165) is 0 Å². The van der Waals surface area contributed by atoms with Gasteiger partial charge in [-0.2, -0.15) is 15.5 Å². The van der Waals surface area contributed by atoms with E-state index in [1.54, 1.807) is 38.5 Å². The summed E-state index contributed by atoms with van der Waals surface area (Å²) in [5.74, 6) is 0.844. The zero-order valence-corrected chi connectivity index (χ0v) is 41.8. The van der Waals surface area contributed by atoms with Crippen LogP contribution >= 0.6 is 8.53 Å². The smallest absolute Gasteiger partial charge is 0.280 e. The number of Topliss-reactive ketones (excluding diaryl/α,β-unsaturated/α-hetero) is 1. The van der Waals surface area contributed by atoms with Gasteiger partial charge in [-0.1, -0.05) is 72.8 Å². The van der Waals surface area contributed by atoms with E-state index in [-0.39, 0.29) is 62.0 Å². The zero-order chi connectivity index (χ0) is 51.2. The normalized spacial score (nSPS) is 17.7. The number of H-pyrrole nitrogens is 1. The Bertz CT molecular complexity index is 2770. The maximum Gasteiger partial charge on any atom is 0.280 e. The Morgan fingerprint density at radius 3 is 2.00 bits per heavy atom. The van der Waals surface area contributed by atoms with Crippen molar-refractivity contribution in [2.45, 2.75) is 88.9 Å². The van der Waals surface area contributed by atoms with E-state index in [9.17, 15) is 15.3 Å². The van der Waals surface area contributed by atoms with Crippen LogP contribution in [0.1, 0.15) is 63.5 Å². The number of aromatic amines is 1. The lowest BCUT2D eigenvalue weighted by molar-refractivity contribution is -0.166.